The lowest BCUT2D eigenvalue weighted by Crippen LogP contribution is -2.09. The minimum Gasteiger partial charge on any atom is -0.450 e. The van der Waals surface area contributed by atoms with E-state index in [2.05, 4.69) is 6.58 Å². The summed E-state index contributed by atoms with van der Waals surface area (Å²) in [6, 6.07) is 0. The molecule has 1 fully saturated rings. The molecule has 0 bridgehead atoms. The van der Waals surface area contributed by atoms with Crippen LogP contribution in [0.5, 0.6) is 0 Å². The molecule has 1 aliphatic heterocycles. The highest BCUT2D eigenvalue weighted by molar-refractivity contribution is 5.53. The molecule has 1 unspecified atom stereocenters. The van der Waals surface area contributed by atoms with Gasteiger partial charge < -0.3 is 20.1 Å². The van der Waals surface area contributed by atoms with Crippen molar-refractivity contribution < 1.29 is 24.9 Å². The van der Waals surface area contributed by atoms with Crippen LogP contribution >= 0.6 is 0 Å². The molecule has 1 saturated heterocycles. The first-order chi connectivity index (χ1) is 6.58. The van der Waals surface area contributed by atoms with Crippen LogP contribution in [-0.2, 0) is 4.74 Å². The van der Waals surface area contributed by atoms with Crippen molar-refractivity contribution in [2.45, 2.75) is 25.9 Å². The third-order valence-corrected chi connectivity index (χ3v) is 1.23. The van der Waals surface area contributed by atoms with E-state index in [4.69, 9.17) is 24.9 Å². The summed E-state index contributed by atoms with van der Waals surface area (Å²) in [5.41, 5.74) is 0. The minimum atomic E-state index is -1.83. The number of aliphatic hydroxyl groups is 1. The molecular weight excluding hydrogens is 188 g/mol. The van der Waals surface area contributed by atoms with Crippen molar-refractivity contribution in [1.82, 2.24) is 0 Å². The Morgan fingerprint density at radius 3 is 2.21 bits per heavy atom. The lowest BCUT2D eigenvalue weighted by molar-refractivity contribution is 0.0591. The van der Waals surface area contributed by atoms with Crippen LogP contribution in [0.25, 0.3) is 0 Å². The van der Waals surface area contributed by atoms with Crippen molar-refractivity contribution in [3.8, 4) is 0 Å². The van der Waals surface area contributed by atoms with Gasteiger partial charge in [-0.2, -0.15) is 0 Å². The van der Waals surface area contributed by atoms with Gasteiger partial charge in [0.05, 0.1) is 12.7 Å². The van der Waals surface area contributed by atoms with Gasteiger partial charge in [-0.15, -0.1) is 6.58 Å². The second-order valence-electron chi connectivity index (χ2n) is 2.51. The van der Waals surface area contributed by atoms with Crippen molar-refractivity contribution in [1.29, 1.82) is 0 Å². The number of allylic oxidation sites excluding steroid dienone is 1. The topological polar surface area (TPSA) is 87.0 Å². The molecular formula is C9H18O5. The van der Waals surface area contributed by atoms with Crippen LogP contribution in [0.3, 0.4) is 0 Å². The highest BCUT2D eigenvalue weighted by Crippen LogP contribution is 2.09. The summed E-state index contributed by atoms with van der Waals surface area (Å²) < 4.78 is 5.05. The number of hydrogen-bond donors (Lipinski definition) is 3. The molecule has 0 aliphatic carbocycles. The average molecular weight is 206 g/mol. The third kappa shape index (κ3) is 17.1. The van der Waals surface area contributed by atoms with Gasteiger partial charge in [-0.05, 0) is 19.8 Å². The minimum absolute atomic E-state index is 0.153. The first-order valence-electron chi connectivity index (χ1n) is 4.29. The van der Waals surface area contributed by atoms with Crippen LogP contribution in [0.4, 0.5) is 4.79 Å². The fraction of sp³-hybridized carbons (Fsp3) is 0.667. The zero-order valence-electron chi connectivity index (χ0n) is 8.35. The van der Waals surface area contributed by atoms with E-state index >= 15 is 0 Å². The van der Waals surface area contributed by atoms with E-state index in [9.17, 15) is 0 Å². The molecule has 1 rings (SSSR count). The molecule has 0 saturated carbocycles. The van der Waals surface area contributed by atoms with Crippen molar-refractivity contribution in [2.24, 2.45) is 0 Å². The number of aliphatic hydroxyl groups excluding tert-OH is 1. The average Bonchev–Trinajstić information content (AvgIpc) is 2.55. The maximum atomic E-state index is 8.56. The second-order valence-corrected chi connectivity index (χ2v) is 2.51. The Labute approximate surface area is 83.6 Å². The summed E-state index contributed by atoms with van der Waals surface area (Å²) in [6.45, 7) is 6.28. The van der Waals surface area contributed by atoms with Crippen LogP contribution in [0.15, 0.2) is 12.7 Å². The molecule has 1 heterocycles. The summed E-state index contributed by atoms with van der Waals surface area (Å²) >= 11 is 0. The predicted octanol–water partition coefficient (Wildman–Crippen LogP) is 1.57. The van der Waals surface area contributed by atoms with Gasteiger partial charge in [0.1, 0.15) is 0 Å². The number of carboxylic acid groups (broad SMARTS) is 2. The van der Waals surface area contributed by atoms with E-state index in [0.29, 0.717) is 0 Å². The van der Waals surface area contributed by atoms with Crippen molar-refractivity contribution in [3.63, 3.8) is 0 Å². The lowest BCUT2D eigenvalue weighted by Gasteiger charge is -2.00. The molecule has 0 aromatic rings. The van der Waals surface area contributed by atoms with Gasteiger partial charge in [0.2, 0.25) is 0 Å². The predicted molar refractivity (Wildman–Crippen MR) is 52.6 cm³/mol. The first-order valence-corrected chi connectivity index (χ1v) is 4.29. The smallest absolute Gasteiger partial charge is 0.450 e. The van der Waals surface area contributed by atoms with Crippen LogP contribution in [0.1, 0.15) is 19.8 Å². The van der Waals surface area contributed by atoms with E-state index in [1.165, 1.54) is 0 Å². The third-order valence-electron chi connectivity index (χ3n) is 1.23. The van der Waals surface area contributed by atoms with Crippen molar-refractivity contribution >= 4 is 6.16 Å². The number of hydrogen-bond acceptors (Lipinski definition) is 3. The Balaban J connectivity index is 0. The van der Waals surface area contributed by atoms with E-state index < -0.39 is 6.16 Å². The first kappa shape index (κ1) is 15.4. The van der Waals surface area contributed by atoms with E-state index in [-0.39, 0.29) is 12.7 Å². The highest BCUT2D eigenvalue weighted by atomic mass is 16.6. The Hall–Kier alpha value is -1.07. The number of carbonyl (C=O) groups is 1. The summed E-state index contributed by atoms with van der Waals surface area (Å²) in [7, 11) is 0. The number of ether oxygens (including phenoxy) is 1. The molecule has 1 atom stereocenters. The molecule has 0 aromatic carbocycles. The molecule has 84 valence electrons. The van der Waals surface area contributed by atoms with Gasteiger partial charge in [-0.25, -0.2) is 4.79 Å². The fourth-order valence-electron chi connectivity index (χ4n) is 0.788. The molecule has 1 aliphatic rings. The normalized spacial score (nSPS) is 18.3. The SMILES string of the molecule is C=CC.O=C(O)O.OCC1CCCO1. The molecule has 5 heteroatoms. The summed E-state index contributed by atoms with van der Waals surface area (Å²) in [4.78, 5) is 8.56. The summed E-state index contributed by atoms with van der Waals surface area (Å²) in [5, 5.41) is 22.4. The summed E-state index contributed by atoms with van der Waals surface area (Å²) in [5.74, 6) is 0. The van der Waals surface area contributed by atoms with Gasteiger partial charge in [-0.3, -0.25) is 0 Å². The molecule has 0 aromatic heterocycles. The number of rotatable bonds is 1. The maximum Gasteiger partial charge on any atom is 0.503 e. The standard InChI is InChI=1S/C5H10O2.C3H6.CH2O3/c6-4-5-2-1-3-7-5;1-3-2;2-1(3)4/h5-6H,1-4H2;3H,1H2,2H3;(H2,2,3,4). The van der Waals surface area contributed by atoms with Crippen LogP contribution in [-0.4, -0.2) is 40.8 Å². The van der Waals surface area contributed by atoms with Gasteiger partial charge in [0.15, 0.2) is 0 Å². The molecule has 0 spiro atoms. The Bertz CT molecular complexity index is 136. The van der Waals surface area contributed by atoms with Gasteiger partial charge in [0, 0.05) is 6.61 Å². The van der Waals surface area contributed by atoms with Gasteiger partial charge in [-0.1, -0.05) is 6.08 Å². The summed E-state index contributed by atoms with van der Waals surface area (Å²) in [6.07, 6.45) is 2.22. The van der Waals surface area contributed by atoms with E-state index in [1.807, 2.05) is 6.92 Å². The Kier molecular flexibility index (Phi) is 13.1. The monoisotopic (exact) mass is 206 g/mol. The largest absolute Gasteiger partial charge is 0.503 e. The van der Waals surface area contributed by atoms with Crippen molar-refractivity contribution in [3.05, 3.63) is 12.7 Å². The Morgan fingerprint density at radius 2 is 2.07 bits per heavy atom. The van der Waals surface area contributed by atoms with Gasteiger partial charge in [0.25, 0.3) is 0 Å². The second kappa shape index (κ2) is 11.9. The van der Waals surface area contributed by atoms with Crippen LogP contribution < -0.4 is 0 Å². The van der Waals surface area contributed by atoms with Crippen molar-refractivity contribution in [2.75, 3.05) is 13.2 Å². The lowest BCUT2D eigenvalue weighted by atomic mass is 10.2. The Morgan fingerprint density at radius 1 is 1.64 bits per heavy atom. The molecule has 5 nitrogen and oxygen atoms in total. The van der Waals surface area contributed by atoms with E-state index in [1.54, 1.807) is 6.08 Å². The fourth-order valence-corrected chi connectivity index (χ4v) is 0.788. The molecule has 0 amide bonds. The zero-order valence-corrected chi connectivity index (χ0v) is 8.35. The van der Waals surface area contributed by atoms with Gasteiger partial charge >= 0.3 is 6.16 Å². The van der Waals surface area contributed by atoms with Crippen LogP contribution in [0, 0.1) is 0 Å². The molecule has 0 radical (unpaired) electrons. The quantitative estimate of drug-likeness (QED) is 0.567. The van der Waals surface area contributed by atoms with E-state index in [0.717, 1.165) is 19.4 Å². The maximum absolute atomic E-state index is 8.56. The zero-order chi connectivity index (χ0) is 11.4. The molecule has 3 N–H and O–H groups in total. The highest BCUT2D eigenvalue weighted by Gasteiger charge is 2.12. The molecule has 14 heavy (non-hydrogen) atoms. The van der Waals surface area contributed by atoms with Crippen LogP contribution in [0.2, 0.25) is 0 Å².